The number of carbonyl (C=O) groups is 1. The Morgan fingerprint density at radius 1 is 1.14 bits per heavy atom. The van der Waals surface area contributed by atoms with Crippen molar-refractivity contribution >= 4 is 5.91 Å². The number of aromatic nitrogens is 3. The summed E-state index contributed by atoms with van der Waals surface area (Å²) < 4.78 is 1.68. The fourth-order valence-electron chi connectivity index (χ4n) is 2.16. The van der Waals surface area contributed by atoms with Crippen LogP contribution in [-0.4, -0.2) is 20.7 Å². The number of hydrogen-bond acceptors (Lipinski definition) is 3. The summed E-state index contributed by atoms with van der Waals surface area (Å²) in [6, 6.07) is 13.4. The van der Waals surface area contributed by atoms with Gasteiger partial charge in [0.05, 0.1) is 23.5 Å². The average molecular weight is 292 g/mol. The fraction of sp³-hybridized carbons (Fsp3) is 0.118. The predicted octanol–water partition coefficient (Wildman–Crippen LogP) is 2.76. The highest BCUT2D eigenvalue weighted by Crippen LogP contribution is 2.12. The average Bonchev–Trinajstić information content (AvgIpc) is 3.06. The van der Waals surface area contributed by atoms with Crippen LogP contribution in [0.25, 0.3) is 5.69 Å². The van der Waals surface area contributed by atoms with Crippen LogP contribution in [0.3, 0.4) is 0 Å². The van der Waals surface area contributed by atoms with Crippen LogP contribution < -0.4 is 5.32 Å². The molecule has 1 amide bonds. The number of nitrogens with one attached hydrogen (secondary N) is 1. The van der Waals surface area contributed by atoms with Gasteiger partial charge in [0, 0.05) is 18.6 Å². The van der Waals surface area contributed by atoms with Gasteiger partial charge in [-0.05, 0) is 30.7 Å². The molecule has 0 saturated carbocycles. The van der Waals surface area contributed by atoms with Gasteiger partial charge in [-0.15, -0.1) is 0 Å². The molecule has 1 N–H and O–H groups in total. The summed E-state index contributed by atoms with van der Waals surface area (Å²) in [6.45, 7) is 1.93. The van der Waals surface area contributed by atoms with Crippen molar-refractivity contribution in [1.82, 2.24) is 20.1 Å². The highest BCUT2D eigenvalue weighted by atomic mass is 16.1. The molecule has 0 fully saturated rings. The number of carbonyl (C=O) groups excluding carboxylic acids is 1. The standard InChI is InChI=1S/C17H16N4O/c1-13(14-6-5-9-18-10-14)20-17(22)15-11-19-21(12-15)16-7-3-2-4-8-16/h2-13H,1H3,(H,20,22). The van der Waals surface area contributed by atoms with Crippen molar-refractivity contribution in [2.75, 3.05) is 0 Å². The molecule has 3 rings (SSSR count). The molecule has 5 heteroatoms. The number of benzene rings is 1. The van der Waals surface area contributed by atoms with Crippen LogP contribution in [0.2, 0.25) is 0 Å². The number of nitrogens with zero attached hydrogens (tertiary/aromatic N) is 3. The largest absolute Gasteiger partial charge is 0.345 e. The Labute approximate surface area is 128 Å². The van der Waals surface area contributed by atoms with Crippen molar-refractivity contribution in [1.29, 1.82) is 0 Å². The third-order valence-electron chi connectivity index (χ3n) is 3.40. The lowest BCUT2D eigenvalue weighted by Gasteiger charge is -2.12. The van der Waals surface area contributed by atoms with Gasteiger partial charge >= 0.3 is 0 Å². The minimum Gasteiger partial charge on any atom is -0.345 e. The zero-order valence-electron chi connectivity index (χ0n) is 12.2. The minimum atomic E-state index is -0.154. The molecule has 0 aliphatic heterocycles. The van der Waals surface area contributed by atoms with Gasteiger partial charge in [0.25, 0.3) is 5.91 Å². The lowest BCUT2D eigenvalue weighted by molar-refractivity contribution is 0.0940. The molecule has 2 heterocycles. The number of hydrogen-bond donors (Lipinski definition) is 1. The lowest BCUT2D eigenvalue weighted by atomic mass is 10.1. The van der Waals surface area contributed by atoms with Gasteiger partial charge in [-0.25, -0.2) is 4.68 Å². The number of rotatable bonds is 4. The van der Waals surface area contributed by atoms with Gasteiger partial charge in [0.15, 0.2) is 0 Å². The Balaban J connectivity index is 1.72. The summed E-state index contributed by atoms with van der Waals surface area (Å²) in [5, 5.41) is 7.18. The summed E-state index contributed by atoms with van der Waals surface area (Å²) >= 11 is 0. The summed E-state index contributed by atoms with van der Waals surface area (Å²) in [4.78, 5) is 16.4. The molecule has 0 radical (unpaired) electrons. The van der Waals surface area contributed by atoms with E-state index in [1.807, 2.05) is 49.4 Å². The van der Waals surface area contributed by atoms with E-state index in [9.17, 15) is 4.79 Å². The van der Waals surface area contributed by atoms with Crippen LogP contribution in [0, 0.1) is 0 Å². The SMILES string of the molecule is CC(NC(=O)c1cnn(-c2ccccc2)c1)c1cccnc1. The van der Waals surface area contributed by atoms with E-state index in [0.717, 1.165) is 11.3 Å². The molecule has 1 aromatic carbocycles. The number of pyridine rings is 1. The van der Waals surface area contributed by atoms with Gasteiger partial charge in [0.1, 0.15) is 0 Å². The van der Waals surface area contributed by atoms with Gasteiger partial charge in [0.2, 0.25) is 0 Å². The lowest BCUT2D eigenvalue weighted by Crippen LogP contribution is -2.26. The first-order valence-corrected chi connectivity index (χ1v) is 7.05. The van der Waals surface area contributed by atoms with Crippen molar-refractivity contribution in [2.24, 2.45) is 0 Å². The first-order chi connectivity index (χ1) is 10.7. The smallest absolute Gasteiger partial charge is 0.254 e. The van der Waals surface area contributed by atoms with Crippen LogP contribution >= 0.6 is 0 Å². The monoisotopic (exact) mass is 292 g/mol. The molecule has 0 aliphatic carbocycles. The van der Waals surface area contributed by atoms with E-state index in [1.165, 1.54) is 0 Å². The molecule has 0 aliphatic rings. The summed E-state index contributed by atoms with van der Waals surface area (Å²) in [7, 11) is 0. The molecule has 3 aromatic rings. The van der Waals surface area contributed by atoms with E-state index >= 15 is 0 Å². The number of amides is 1. The van der Waals surface area contributed by atoms with Crippen LogP contribution in [0.4, 0.5) is 0 Å². The van der Waals surface area contributed by atoms with E-state index in [2.05, 4.69) is 15.4 Å². The highest BCUT2D eigenvalue weighted by molar-refractivity contribution is 5.94. The Bertz CT molecular complexity index is 753. The molecule has 0 bridgehead atoms. The maximum absolute atomic E-state index is 12.3. The quantitative estimate of drug-likeness (QED) is 0.804. The zero-order valence-corrected chi connectivity index (χ0v) is 12.2. The van der Waals surface area contributed by atoms with Gasteiger partial charge < -0.3 is 5.32 Å². The molecule has 5 nitrogen and oxygen atoms in total. The van der Waals surface area contributed by atoms with Crippen molar-refractivity contribution in [2.45, 2.75) is 13.0 Å². The summed E-state index contributed by atoms with van der Waals surface area (Å²) in [5.74, 6) is -0.154. The Morgan fingerprint density at radius 3 is 2.68 bits per heavy atom. The Kier molecular flexibility index (Phi) is 3.96. The Morgan fingerprint density at radius 2 is 1.95 bits per heavy atom. The topological polar surface area (TPSA) is 59.8 Å². The van der Waals surface area contributed by atoms with Crippen LogP contribution in [-0.2, 0) is 0 Å². The minimum absolute atomic E-state index is 0.110. The normalized spacial score (nSPS) is 11.9. The molecular weight excluding hydrogens is 276 g/mol. The first kappa shape index (κ1) is 14.0. The van der Waals surface area contributed by atoms with E-state index in [0.29, 0.717) is 5.56 Å². The van der Waals surface area contributed by atoms with Gasteiger partial charge in [-0.3, -0.25) is 9.78 Å². The molecule has 1 atom stereocenters. The Hall–Kier alpha value is -2.95. The maximum atomic E-state index is 12.3. The molecular formula is C17H16N4O. The number of para-hydroxylation sites is 1. The third-order valence-corrected chi connectivity index (χ3v) is 3.40. The maximum Gasteiger partial charge on any atom is 0.254 e. The van der Waals surface area contributed by atoms with Gasteiger partial charge in [-0.1, -0.05) is 24.3 Å². The molecule has 110 valence electrons. The van der Waals surface area contributed by atoms with Crippen molar-refractivity contribution in [3.8, 4) is 5.69 Å². The molecule has 1 unspecified atom stereocenters. The van der Waals surface area contributed by atoms with Crippen LogP contribution in [0.15, 0.2) is 67.3 Å². The van der Waals surface area contributed by atoms with E-state index < -0.39 is 0 Å². The predicted molar refractivity (Wildman–Crippen MR) is 83.7 cm³/mol. The highest BCUT2D eigenvalue weighted by Gasteiger charge is 2.13. The van der Waals surface area contributed by atoms with Crippen LogP contribution in [0.1, 0.15) is 28.9 Å². The van der Waals surface area contributed by atoms with Crippen LogP contribution in [0.5, 0.6) is 0 Å². The molecule has 22 heavy (non-hydrogen) atoms. The second-order valence-electron chi connectivity index (χ2n) is 4.99. The van der Waals surface area contributed by atoms with Crippen molar-refractivity contribution < 1.29 is 4.79 Å². The fourth-order valence-corrected chi connectivity index (χ4v) is 2.16. The van der Waals surface area contributed by atoms with Crippen molar-refractivity contribution in [3.63, 3.8) is 0 Å². The van der Waals surface area contributed by atoms with E-state index in [1.54, 1.807) is 29.5 Å². The van der Waals surface area contributed by atoms with E-state index in [-0.39, 0.29) is 11.9 Å². The molecule has 2 aromatic heterocycles. The van der Waals surface area contributed by atoms with E-state index in [4.69, 9.17) is 0 Å². The first-order valence-electron chi connectivity index (χ1n) is 7.05. The molecule has 0 saturated heterocycles. The van der Waals surface area contributed by atoms with Gasteiger partial charge in [-0.2, -0.15) is 5.10 Å². The third kappa shape index (κ3) is 3.03. The second-order valence-corrected chi connectivity index (χ2v) is 4.99. The molecule has 0 spiro atoms. The van der Waals surface area contributed by atoms with Crippen molar-refractivity contribution in [3.05, 3.63) is 78.4 Å². The zero-order chi connectivity index (χ0) is 15.4. The summed E-state index contributed by atoms with van der Waals surface area (Å²) in [6.07, 6.45) is 6.75. The second kappa shape index (κ2) is 6.22. The summed E-state index contributed by atoms with van der Waals surface area (Å²) in [5.41, 5.74) is 2.41.